The first kappa shape index (κ1) is 9.60. The average Bonchev–Trinajstić information content (AvgIpc) is 2.86. The number of aromatic nitrogens is 2. The van der Waals surface area contributed by atoms with E-state index >= 15 is 0 Å². The van der Waals surface area contributed by atoms with Gasteiger partial charge in [0.1, 0.15) is 10.7 Å². The zero-order valence-corrected chi connectivity index (χ0v) is 8.40. The van der Waals surface area contributed by atoms with E-state index in [9.17, 15) is 9.59 Å². The fraction of sp³-hybridized carbons (Fsp3) is 0. The molecule has 0 fully saturated rings. The van der Waals surface area contributed by atoms with Crippen molar-refractivity contribution < 1.29 is 9.59 Å². The highest BCUT2D eigenvalue weighted by Gasteiger charge is 2.07. The van der Waals surface area contributed by atoms with Gasteiger partial charge in [-0.05, 0) is 18.2 Å². The first-order valence-electron chi connectivity index (χ1n) is 4.11. The highest BCUT2D eigenvalue weighted by atomic mass is 32.1. The molecule has 0 saturated heterocycles. The van der Waals surface area contributed by atoms with Crippen molar-refractivity contribution in [2.75, 3.05) is 0 Å². The number of rotatable bonds is 3. The standard InChI is InChI=1S/C9H7N3O2S/c10-9(14)7-3-4-12(11-7)8-2-1-6(5-13)15-8/h1-5H,(H2,10,14). The van der Waals surface area contributed by atoms with Crippen LogP contribution in [0.2, 0.25) is 0 Å². The average molecular weight is 221 g/mol. The van der Waals surface area contributed by atoms with Crippen molar-refractivity contribution in [1.29, 1.82) is 0 Å². The molecule has 2 rings (SSSR count). The van der Waals surface area contributed by atoms with Crippen LogP contribution in [-0.4, -0.2) is 22.0 Å². The van der Waals surface area contributed by atoms with Gasteiger partial charge >= 0.3 is 0 Å². The van der Waals surface area contributed by atoms with Crippen molar-refractivity contribution in [3.05, 3.63) is 35.0 Å². The van der Waals surface area contributed by atoms with Crippen molar-refractivity contribution in [2.45, 2.75) is 0 Å². The zero-order valence-electron chi connectivity index (χ0n) is 7.58. The second-order valence-corrected chi connectivity index (χ2v) is 3.90. The fourth-order valence-corrected chi connectivity index (χ4v) is 1.86. The maximum absolute atomic E-state index is 10.8. The molecule has 0 atom stereocenters. The van der Waals surface area contributed by atoms with Crippen LogP contribution in [0, 0.1) is 0 Å². The summed E-state index contributed by atoms with van der Waals surface area (Å²) in [6.45, 7) is 0. The number of carbonyl (C=O) groups is 2. The van der Waals surface area contributed by atoms with E-state index in [1.165, 1.54) is 22.1 Å². The van der Waals surface area contributed by atoms with E-state index in [0.29, 0.717) is 4.88 Å². The maximum atomic E-state index is 10.8. The van der Waals surface area contributed by atoms with E-state index < -0.39 is 5.91 Å². The van der Waals surface area contributed by atoms with Crippen molar-refractivity contribution >= 4 is 23.5 Å². The second-order valence-electron chi connectivity index (χ2n) is 2.80. The molecular weight excluding hydrogens is 214 g/mol. The first-order valence-corrected chi connectivity index (χ1v) is 4.93. The predicted molar refractivity (Wildman–Crippen MR) is 55.3 cm³/mol. The molecule has 2 heterocycles. The normalized spacial score (nSPS) is 10.1. The lowest BCUT2D eigenvalue weighted by Crippen LogP contribution is -2.12. The number of nitrogens with two attached hydrogens (primary N) is 1. The Morgan fingerprint density at radius 3 is 2.80 bits per heavy atom. The lowest BCUT2D eigenvalue weighted by molar-refractivity contribution is 0.0994. The summed E-state index contributed by atoms with van der Waals surface area (Å²) in [6, 6.07) is 4.98. The molecule has 1 amide bonds. The molecule has 0 unspecified atom stereocenters. The van der Waals surface area contributed by atoms with E-state index in [1.54, 1.807) is 18.3 Å². The van der Waals surface area contributed by atoms with Crippen molar-refractivity contribution in [2.24, 2.45) is 5.73 Å². The third-order valence-corrected chi connectivity index (χ3v) is 2.80. The molecule has 6 heteroatoms. The molecule has 0 spiro atoms. The summed E-state index contributed by atoms with van der Waals surface area (Å²) in [6.07, 6.45) is 2.40. The molecule has 0 aliphatic heterocycles. The Labute approximate surface area is 89.1 Å². The number of primary amides is 1. The Bertz CT molecular complexity index is 515. The van der Waals surface area contributed by atoms with Crippen LogP contribution in [-0.2, 0) is 0 Å². The third-order valence-electron chi connectivity index (χ3n) is 1.80. The van der Waals surface area contributed by atoms with Crippen molar-refractivity contribution in [3.63, 3.8) is 0 Å². The van der Waals surface area contributed by atoms with Gasteiger partial charge in [-0.25, -0.2) is 4.68 Å². The molecule has 0 saturated carbocycles. The van der Waals surface area contributed by atoms with Crippen LogP contribution in [0.4, 0.5) is 0 Å². The Hall–Kier alpha value is -1.95. The maximum Gasteiger partial charge on any atom is 0.269 e. The van der Waals surface area contributed by atoms with Gasteiger partial charge < -0.3 is 5.73 Å². The summed E-state index contributed by atoms with van der Waals surface area (Å²) in [7, 11) is 0. The molecule has 2 aromatic rings. The van der Waals surface area contributed by atoms with Crippen molar-refractivity contribution in [1.82, 2.24) is 9.78 Å². The third kappa shape index (κ3) is 1.79. The van der Waals surface area contributed by atoms with Gasteiger partial charge in [-0.1, -0.05) is 0 Å². The van der Waals surface area contributed by atoms with E-state index in [1.807, 2.05) is 0 Å². The SMILES string of the molecule is NC(=O)c1ccn(-c2ccc(C=O)s2)n1. The molecular formula is C9H7N3O2S. The Morgan fingerprint density at radius 1 is 1.47 bits per heavy atom. The van der Waals surface area contributed by atoms with E-state index in [0.717, 1.165) is 11.3 Å². The smallest absolute Gasteiger partial charge is 0.269 e. The summed E-state index contributed by atoms with van der Waals surface area (Å²) >= 11 is 1.29. The van der Waals surface area contributed by atoms with Crippen LogP contribution in [0.5, 0.6) is 0 Å². The summed E-state index contributed by atoms with van der Waals surface area (Å²) in [4.78, 5) is 21.9. The van der Waals surface area contributed by atoms with Gasteiger partial charge in [0.2, 0.25) is 0 Å². The highest BCUT2D eigenvalue weighted by molar-refractivity contribution is 7.16. The predicted octanol–water partition coefficient (Wildman–Crippen LogP) is 0.845. The second kappa shape index (κ2) is 3.66. The van der Waals surface area contributed by atoms with Gasteiger partial charge in [0, 0.05) is 6.20 Å². The highest BCUT2D eigenvalue weighted by Crippen LogP contribution is 2.18. The molecule has 0 aliphatic carbocycles. The molecule has 0 radical (unpaired) electrons. The number of aldehydes is 1. The lowest BCUT2D eigenvalue weighted by atomic mass is 10.4. The van der Waals surface area contributed by atoms with Gasteiger partial charge in [-0.2, -0.15) is 5.10 Å². The van der Waals surface area contributed by atoms with Gasteiger partial charge in [0.05, 0.1) is 4.88 Å². The Kier molecular flexibility index (Phi) is 2.34. The minimum Gasteiger partial charge on any atom is -0.364 e. The molecule has 15 heavy (non-hydrogen) atoms. The molecule has 0 aliphatic rings. The van der Waals surface area contributed by atoms with Gasteiger partial charge in [0.15, 0.2) is 6.29 Å². The number of carbonyl (C=O) groups excluding carboxylic acids is 2. The molecule has 0 aromatic carbocycles. The van der Waals surface area contributed by atoms with Crippen molar-refractivity contribution in [3.8, 4) is 5.00 Å². The quantitative estimate of drug-likeness (QED) is 0.780. The summed E-state index contributed by atoms with van der Waals surface area (Å²) in [5.41, 5.74) is 5.27. The van der Waals surface area contributed by atoms with Crippen LogP contribution in [0.3, 0.4) is 0 Å². The van der Waals surface area contributed by atoms with Crippen LogP contribution in [0.25, 0.3) is 5.00 Å². The van der Waals surface area contributed by atoms with Gasteiger partial charge in [0.25, 0.3) is 5.91 Å². The fourth-order valence-electron chi connectivity index (χ4n) is 1.11. The van der Waals surface area contributed by atoms with Crippen LogP contribution in [0.15, 0.2) is 24.4 Å². The summed E-state index contributed by atoms with van der Waals surface area (Å²) in [5, 5.41) is 4.73. The molecule has 5 nitrogen and oxygen atoms in total. The topological polar surface area (TPSA) is 78.0 Å². The number of nitrogens with zero attached hydrogens (tertiary/aromatic N) is 2. The molecule has 2 N–H and O–H groups in total. The largest absolute Gasteiger partial charge is 0.364 e. The Morgan fingerprint density at radius 2 is 2.27 bits per heavy atom. The summed E-state index contributed by atoms with van der Waals surface area (Å²) in [5.74, 6) is -0.569. The lowest BCUT2D eigenvalue weighted by Gasteiger charge is -1.93. The van der Waals surface area contributed by atoms with E-state index in [2.05, 4.69) is 5.10 Å². The number of thiophene rings is 1. The number of hydrogen-bond acceptors (Lipinski definition) is 4. The van der Waals surface area contributed by atoms with Crippen LogP contribution >= 0.6 is 11.3 Å². The number of amides is 1. The zero-order chi connectivity index (χ0) is 10.8. The van der Waals surface area contributed by atoms with Crippen LogP contribution < -0.4 is 5.73 Å². The minimum atomic E-state index is -0.569. The molecule has 2 aromatic heterocycles. The van der Waals surface area contributed by atoms with E-state index in [-0.39, 0.29) is 5.69 Å². The van der Waals surface area contributed by atoms with Gasteiger partial charge in [-0.3, -0.25) is 9.59 Å². The first-order chi connectivity index (χ1) is 7.20. The monoisotopic (exact) mass is 221 g/mol. The van der Waals surface area contributed by atoms with Gasteiger partial charge in [-0.15, -0.1) is 11.3 Å². The minimum absolute atomic E-state index is 0.205. The molecule has 76 valence electrons. The summed E-state index contributed by atoms with van der Waals surface area (Å²) < 4.78 is 1.51. The number of hydrogen-bond donors (Lipinski definition) is 1. The van der Waals surface area contributed by atoms with Crippen LogP contribution in [0.1, 0.15) is 20.2 Å². The Balaban J connectivity index is 2.36. The van der Waals surface area contributed by atoms with E-state index in [4.69, 9.17) is 5.73 Å². The molecule has 0 bridgehead atoms.